The highest BCUT2D eigenvalue weighted by atomic mass is 19.1. The third-order valence-electron chi connectivity index (χ3n) is 6.00. The van der Waals surface area contributed by atoms with Gasteiger partial charge in [0, 0.05) is 42.7 Å². The third-order valence-corrected chi connectivity index (χ3v) is 6.00. The van der Waals surface area contributed by atoms with Gasteiger partial charge >= 0.3 is 0 Å². The lowest BCUT2D eigenvalue weighted by Gasteiger charge is -2.45. The Morgan fingerprint density at radius 2 is 1.09 bits per heavy atom. The molecule has 0 saturated carbocycles. The minimum atomic E-state index is -1.75. The van der Waals surface area contributed by atoms with Crippen molar-refractivity contribution in [2.75, 3.05) is 82.3 Å². The molecule has 35 heavy (non-hydrogen) atoms. The van der Waals surface area contributed by atoms with Gasteiger partial charge in [0.25, 0.3) is 0 Å². The largest absolute Gasteiger partial charge is 0.394 e. The number of aliphatic hydroxyl groups excluding tert-OH is 1. The molecule has 2 aliphatic heterocycles. The van der Waals surface area contributed by atoms with E-state index in [2.05, 4.69) is 0 Å². The zero-order valence-corrected chi connectivity index (χ0v) is 21.3. The van der Waals surface area contributed by atoms with Crippen LogP contribution >= 0.6 is 0 Å². The van der Waals surface area contributed by atoms with Crippen LogP contribution in [0.2, 0.25) is 0 Å². The van der Waals surface area contributed by atoms with Crippen LogP contribution in [0.25, 0.3) is 0 Å². The lowest BCUT2D eigenvalue weighted by atomic mass is 9.98. The van der Waals surface area contributed by atoms with E-state index >= 15 is 0 Å². The second kappa shape index (κ2) is 16.3. The Morgan fingerprint density at radius 3 is 1.60 bits per heavy atom. The van der Waals surface area contributed by atoms with E-state index in [1.54, 1.807) is 7.11 Å². The number of rotatable bonds is 16. The summed E-state index contributed by atoms with van der Waals surface area (Å²) in [7, 11) is 9.06. The van der Waals surface area contributed by atoms with Crippen molar-refractivity contribution < 1.29 is 61.6 Å². The van der Waals surface area contributed by atoms with Gasteiger partial charge in [-0.25, -0.2) is 4.39 Å². The van der Waals surface area contributed by atoms with Crippen LogP contribution in [0, 0.1) is 0 Å². The quantitative estimate of drug-likeness (QED) is 0.267. The van der Waals surface area contributed by atoms with Crippen molar-refractivity contribution in [3.8, 4) is 0 Å². The summed E-state index contributed by atoms with van der Waals surface area (Å²) in [6.07, 6.45) is -7.83. The number of hydrogen-bond acceptors (Lipinski definition) is 12. The van der Waals surface area contributed by atoms with Crippen LogP contribution < -0.4 is 0 Å². The average molecular weight is 517 g/mol. The first kappa shape index (κ1) is 30.7. The number of ether oxygens (including phenoxy) is 11. The van der Waals surface area contributed by atoms with E-state index in [1.165, 1.54) is 35.5 Å². The highest BCUT2D eigenvalue weighted by molar-refractivity contribution is 4.93. The SMILES string of the molecule is COC[C@H]1O[C@@H](F)[C@H](OCCO[C@H]2O[C@H](COC)[C@@H](OC)[C@H](OC)[C@H]2OCCO)[C@@H](OC)[C@@H]1OC. The highest BCUT2D eigenvalue weighted by Gasteiger charge is 2.49. The molecule has 1 N–H and O–H groups in total. The van der Waals surface area contributed by atoms with Crippen LogP contribution in [-0.4, -0.2) is 149 Å². The molecule has 0 bridgehead atoms. The lowest BCUT2D eigenvalue weighted by Crippen LogP contribution is -2.61. The van der Waals surface area contributed by atoms with Crippen molar-refractivity contribution in [3.05, 3.63) is 0 Å². The molecular formula is C22H41FO12. The molecule has 2 heterocycles. The first-order chi connectivity index (χ1) is 17.0. The van der Waals surface area contributed by atoms with Gasteiger partial charge in [0.1, 0.15) is 48.8 Å². The van der Waals surface area contributed by atoms with E-state index in [9.17, 15) is 9.50 Å². The van der Waals surface area contributed by atoms with E-state index in [4.69, 9.17) is 52.1 Å². The second-order valence-electron chi connectivity index (χ2n) is 8.05. The third kappa shape index (κ3) is 7.97. The predicted molar refractivity (Wildman–Crippen MR) is 118 cm³/mol. The number of halogens is 1. The summed E-state index contributed by atoms with van der Waals surface area (Å²) < 4.78 is 76.1. The van der Waals surface area contributed by atoms with Gasteiger partial charge in [0.05, 0.1) is 39.6 Å². The van der Waals surface area contributed by atoms with Crippen LogP contribution in [0.15, 0.2) is 0 Å². The summed E-state index contributed by atoms with van der Waals surface area (Å²) in [6.45, 7) is 0.290. The van der Waals surface area contributed by atoms with Crippen molar-refractivity contribution in [2.24, 2.45) is 0 Å². The standard InChI is InChI=1S/C22H41FO12/c1-25-11-13-15(27-3)17(29-5)19(21(23)34-13)32-9-10-33-22-20(31-8-7-24)18(30-6)16(28-4)14(35-22)12-26-2/h13-22,24H,7-12H2,1-6H3/t13-,14-,15-,16-,17+,18+,19-,20-,21-,22+/m1/s1. The Hall–Kier alpha value is -0.550. The second-order valence-corrected chi connectivity index (χ2v) is 8.05. The minimum absolute atomic E-state index is 0.00651. The molecule has 0 amide bonds. The highest BCUT2D eigenvalue weighted by Crippen LogP contribution is 2.30. The fourth-order valence-corrected chi connectivity index (χ4v) is 4.47. The smallest absolute Gasteiger partial charge is 0.228 e. The van der Waals surface area contributed by atoms with Crippen LogP contribution in [-0.2, 0) is 52.1 Å². The molecule has 2 fully saturated rings. The summed E-state index contributed by atoms with van der Waals surface area (Å²) in [5.74, 6) is 0. The fourth-order valence-electron chi connectivity index (χ4n) is 4.47. The average Bonchev–Trinajstić information content (AvgIpc) is 2.86. The van der Waals surface area contributed by atoms with Crippen molar-refractivity contribution in [1.82, 2.24) is 0 Å². The molecule has 0 aromatic rings. The number of methoxy groups -OCH3 is 6. The van der Waals surface area contributed by atoms with Gasteiger partial charge in [0.2, 0.25) is 6.36 Å². The summed E-state index contributed by atoms with van der Waals surface area (Å²) >= 11 is 0. The van der Waals surface area contributed by atoms with Gasteiger partial charge in [-0.1, -0.05) is 0 Å². The minimum Gasteiger partial charge on any atom is -0.394 e. The van der Waals surface area contributed by atoms with E-state index in [0.29, 0.717) is 0 Å². The lowest BCUT2D eigenvalue weighted by molar-refractivity contribution is -0.322. The van der Waals surface area contributed by atoms with Gasteiger partial charge < -0.3 is 57.2 Å². The Morgan fingerprint density at radius 1 is 0.600 bits per heavy atom. The molecule has 208 valence electrons. The molecule has 0 spiro atoms. The number of aliphatic hydroxyl groups is 1. The molecule has 13 heteroatoms. The van der Waals surface area contributed by atoms with Gasteiger partial charge in [0.15, 0.2) is 6.29 Å². The predicted octanol–water partition coefficient (Wildman–Crippen LogP) is -0.462. The monoisotopic (exact) mass is 516 g/mol. The van der Waals surface area contributed by atoms with Crippen molar-refractivity contribution in [2.45, 2.75) is 61.5 Å². The van der Waals surface area contributed by atoms with Crippen molar-refractivity contribution >= 4 is 0 Å². The number of hydrogen-bond donors (Lipinski definition) is 1. The Bertz CT molecular complexity index is 561. The van der Waals surface area contributed by atoms with Crippen LogP contribution in [0.4, 0.5) is 4.39 Å². The first-order valence-corrected chi connectivity index (χ1v) is 11.5. The normalized spacial score (nSPS) is 38.1. The molecule has 2 aliphatic rings. The summed E-state index contributed by atoms with van der Waals surface area (Å²) in [5, 5.41) is 9.23. The van der Waals surface area contributed by atoms with Crippen molar-refractivity contribution in [3.63, 3.8) is 0 Å². The summed E-state index contributed by atoms with van der Waals surface area (Å²) in [4.78, 5) is 0. The van der Waals surface area contributed by atoms with Crippen molar-refractivity contribution in [1.29, 1.82) is 0 Å². The maximum Gasteiger partial charge on any atom is 0.228 e. The van der Waals surface area contributed by atoms with E-state index in [-0.39, 0.29) is 39.6 Å². The van der Waals surface area contributed by atoms with Gasteiger partial charge in [-0.3, -0.25) is 0 Å². The van der Waals surface area contributed by atoms with Crippen LogP contribution in [0.5, 0.6) is 0 Å². The Labute approximate surface area is 206 Å². The molecule has 0 unspecified atom stereocenters. The topological polar surface area (TPSA) is 122 Å². The van der Waals surface area contributed by atoms with E-state index < -0.39 is 61.5 Å². The van der Waals surface area contributed by atoms with Crippen LogP contribution in [0.1, 0.15) is 0 Å². The molecule has 0 aliphatic carbocycles. The molecule has 0 radical (unpaired) electrons. The zero-order valence-electron chi connectivity index (χ0n) is 21.3. The molecule has 2 saturated heterocycles. The maximum absolute atomic E-state index is 14.8. The molecule has 2 rings (SSSR count). The molecule has 0 aromatic heterocycles. The zero-order chi connectivity index (χ0) is 25.8. The van der Waals surface area contributed by atoms with E-state index in [0.717, 1.165) is 0 Å². The maximum atomic E-state index is 14.8. The molecule has 12 nitrogen and oxygen atoms in total. The summed E-state index contributed by atoms with van der Waals surface area (Å²) in [6, 6.07) is 0. The fraction of sp³-hybridized carbons (Fsp3) is 1.00. The van der Waals surface area contributed by atoms with E-state index in [1.807, 2.05) is 0 Å². The van der Waals surface area contributed by atoms with Gasteiger partial charge in [-0.15, -0.1) is 0 Å². The van der Waals surface area contributed by atoms with Gasteiger partial charge in [-0.2, -0.15) is 0 Å². The molecule has 10 atom stereocenters. The molecular weight excluding hydrogens is 475 g/mol. The summed E-state index contributed by atoms with van der Waals surface area (Å²) in [5.41, 5.74) is 0. The Kier molecular flexibility index (Phi) is 14.3. The molecule has 0 aromatic carbocycles. The van der Waals surface area contributed by atoms with Gasteiger partial charge in [-0.05, 0) is 0 Å². The Balaban J connectivity index is 2.01. The van der Waals surface area contributed by atoms with Crippen LogP contribution in [0.3, 0.4) is 0 Å². The number of alkyl halides is 1. The first-order valence-electron chi connectivity index (χ1n) is 11.5.